The average Bonchev–Trinajstić information content (AvgIpc) is 2.39. The fourth-order valence-corrected chi connectivity index (χ4v) is 5.59. The summed E-state index contributed by atoms with van der Waals surface area (Å²) in [6.45, 7) is 0. The Bertz CT molecular complexity index is 409. The summed E-state index contributed by atoms with van der Waals surface area (Å²) in [5.74, 6) is -3.46. The molecule has 0 aliphatic carbocycles. The molecule has 0 radical (unpaired) electrons. The van der Waals surface area contributed by atoms with Crippen LogP contribution in [0.25, 0.3) is 0 Å². The number of thiophene rings is 1. The Morgan fingerprint density at radius 3 is 1.72 bits per heavy atom. The first-order chi connectivity index (χ1) is 7.94. The fourth-order valence-electron chi connectivity index (χ4n) is 1.24. The normalized spacial score (nSPS) is 15.2. The molecule has 1 unspecified atom stereocenters. The summed E-state index contributed by atoms with van der Waals surface area (Å²) >= 11 is 9.46. The molecule has 104 valence electrons. The van der Waals surface area contributed by atoms with Gasteiger partial charge in [0, 0.05) is 0 Å². The van der Waals surface area contributed by atoms with Crippen LogP contribution in [0.1, 0.15) is 10.4 Å². The van der Waals surface area contributed by atoms with Crippen LogP contribution in [-0.4, -0.2) is 12.4 Å². The third-order valence-electron chi connectivity index (χ3n) is 1.98. The maximum absolute atomic E-state index is 12.5. The largest absolute Gasteiger partial charge is 0.401 e. The van der Waals surface area contributed by atoms with Gasteiger partial charge in [0.05, 0.1) is 12.4 Å². The first-order valence-electron chi connectivity index (χ1n) is 4.17. The molecule has 0 nitrogen and oxygen atoms in total. The van der Waals surface area contributed by atoms with Crippen molar-refractivity contribution in [3.05, 3.63) is 19.2 Å². The third kappa shape index (κ3) is 3.86. The van der Waals surface area contributed by atoms with Crippen LogP contribution in [0, 0.1) is 5.92 Å². The van der Waals surface area contributed by atoms with Crippen LogP contribution in [0.3, 0.4) is 0 Å². The van der Waals surface area contributed by atoms with Gasteiger partial charge in [-0.15, -0.1) is 11.3 Å². The summed E-state index contributed by atoms with van der Waals surface area (Å²) in [4.78, 5) is -1.89. The standard InChI is InChI=1S/C8H3Br3F6S/c9-3-1-2(6(11)18-3)4(10)5(7(12,13)14)8(15,16)17/h1,4-5H. The lowest BCUT2D eigenvalue weighted by Gasteiger charge is -2.27. The van der Waals surface area contributed by atoms with E-state index in [4.69, 9.17) is 0 Å². The van der Waals surface area contributed by atoms with Crippen molar-refractivity contribution in [3.8, 4) is 0 Å². The van der Waals surface area contributed by atoms with Gasteiger partial charge in [-0.05, 0) is 43.5 Å². The van der Waals surface area contributed by atoms with Crippen LogP contribution in [0.15, 0.2) is 13.6 Å². The predicted molar refractivity (Wildman–Crippen MR) is 67.0 cm³/mol. The summed E-state index contributed by atoms with van der Waals surface area (Å²) in [7, 11) is 0. The molecule has 10 heteroatoms. The van der Waals surface area contributed by atoms with E-state index in [-0.39, 0.29) is 9.35 Å². The minimum atomic E-state index is -5.37. The van der Waals surface area contributed by atoms with Crippen molar-refractivity contribution >= 4 is 59.1 Å². The fraction of sp³-hybridized carbons (Fsp3) is 0.500. The molecule has 0 saturated carbocycles. The van der Waals surface area contributed by atoms with Crippen molar-refractivity contribution in [1.29, 1.82) is 0 Å². The van der Waals surface area contributed by atoms with Crippen molar-refractivity contribution < 1.29 is 26.3 Å². The smallest absolute Gasteiger partial charge is 0.170 e. The lowest BCUT2D eigenvalue weighted by molar-refractivity contribution is -0.283. The average molecular weight is 485 g/mol. The molecule has 0 aromatic carbocycles. The van der Waals surface area contributed by atoms with Gasteiger partial charge in [-0.3, -0.25) is 0 Å². The summed E-state index contributed by atoms with van der Waals surface area (Å²) in [6, 6.07) is 1.22. The van der Waals surface area contributed by atoms with E-state index in [9.17, 15) is 26.3 Å². The van der Waals surface area contributed by atoms with Crippen LogP contribution in [0.5, 0.6) is 0 Å². The highest BCUT2D eigenvalue weighted by Crippen LogP contribution is 2.52. The molecule has 0 saturated heterocycles. The van der Waals surface area contributed by atoms with Gasteiger partial charge < -0.3 is 0 Å². The molecular formula is C8H3Br3F6S. The minimum absolute atomic E-state index is 0.0912. The number of halogens is 9. The maximum atomic E-state index is 12.5. The molecule has 0 amide bonds. The van der Waals surface area contributed by atoms with Crippen LogP contribution in [0.4, 0.5) is 26.3 Å². The van der Waals surface area contributed by atoms with Gasteiger partial charge in [0.1, 0.15) is 0 Å². The zero-order chi connectivity index (χ0) is 14.3. The van der Waals surface area contributed by atoms with Gasteiger partial charge >= 0.3 is 12.4 Å². The molecule has 0 aliphatic heterocycles. The topological polar surface area (TPSA) is 0 Å². The van der Waals surface area contributed by atoms with E-state index < -0.39 is 23.1 Å². The Hall–Kier alpha value is 0.720. The molecule has 1 aromatic heterocycles. The Balaban J connectivity index is 3.19. The van der Waals surface area contributed by atoms with Crippen LogP contribution in [-0.2, 0) is 0 Å². The van der Waals surface area contributed by atoms with Gasteiger partial charge in [0.25, 0.3) is 0 Å². The second-order valence-corrected chi connectivity index (χ2v) is 7.98. The van der Waals surface area contributed by atoms with Crippen LogP contribution >= 0.6 is 59.1 Å². The van der Waals surface area contributed by atoms with Gasteiger partial charge in [0.15, 0.2) is 5.92 Å². The minimum Gasteiger partial charge on any atom is -0.170 e. The van der Waals surface area contributed by atoms with E-state index in [1.165, 1.54) is 6.07 Å². The quantitative estimate of drug-likeness (QED) is 0.334. The zero-order valence-corrected chi connectivity index (χ0v) is 13.6. The molecule has 0 N–H and O–H groups in total. The highest BCUT2D eigenvalue weighted by molar-refractivity contribution is 9.12. The third-order valence-corrected chi connectivity index (χ3v) is 5.39. The molecule has 0 spiro atoms. The molecule has 1 aromatic rings. The number of hydrogen-bond acceptors (Lipinski definition) is 1. The number of alkyl halides is 7. The molecule has 0 fully saturated rings. The van der Waals surface area contributed by atoms with E-state index in [1.807, 2.05) is 0 Å². The number of rotatable bonds is 2. The van der Waals surface area contributed by atoms with E-state index in [0.29, 0.717) is 3.79 Å². The Labute approximate surface area is 127 Å². The monoisotopic (exact) mass is 482 g/mol. The predicted octanol–water partition coefficient (Wildman–Crippen LogP) is 6.45. The summed E-state index contributed by atoms with van der Waals surface area (Å²) < 4.78 is 75.8. The molecule has 1 atom stereocenters. The van der Waals surface area contributed by atoms with E-state index in [2.05, 4.69) is 47.8 Å². The van der Waals surface area contributed by atoms with Crippen molar-refractivity contribution in [2.45, 2.75) is 17.2 Å². The second-order valence-electron chi connectivity index (χ2n) is 3.24. The van der Waals surface area contributed by atoms with Gasteiger partial charge in [0.2, 0.25) is 0 Å². The second kappa shape index (κ2) is 5.61. The Morgan fingerprint density at radius 1 is 1.00 bits per heavy atom. The van der Waals surface area contributed by atoms with Gasteiger partial charge in [-0.25, -0.2) is 0 Å². The molecule has 1 rings (SSSR count). The summed E-state index contributed by atoms with van der Waals surface area (Å²) in [5.41, 5.74) is -0.0912. The highest BCUT2D eigenvalue weighted by atomic mass is 79.9. The SMILES string of the molecule is FC(F)(F)C(C(Br)c1cc(Br)sc1Br)C(F)(F)F. The van der Waals surface area contributed by atoms with E-state index >= 15 is 0 Å². The Kier molecular flexibility index (Phi) is 5.23. The summed E-state index contributed by atoms with van der Waals surface area (Å²) in [6.07, 6.45) is -10.7. The van der Waals surface area contributed by atoms with Crippen LogP contribution in [0.2, 0.25) is 0 Å². The first-order valence-corrected chi connectivity index (χ1v) is 7.48. The first kappa shape index (κ1) is 16.8. The number of hydrogen-bond donors (Lipinski definition) is 0. The lowest BCUT2D eigenvalue weighted by atomic mass is 10.00. The highest BCUT2D eigenvalue weighted by Gasteiger charge is 2.60. The van der Waals surface area contributed by atoms with Crippen molar-refractivity contribution in [3.63, 3.8) is 0 Å². The molecule has 0 aliphatic rings. The van der Waals surface area contributed by atoms with Gasteiger partial charge in [-0.1, -0.05) is 15.9 Å². The van der Waals surface area contributed by atoms with Crippen molar-refractivity contribution in [1.82, 2.24) is 0 Å². The molecular weight excluding hydrogens is 482 g/mol. The maximum Gasteiger partial charge on any atom is 0.401 e. The molecule has 1 heterocycles. The molecule has 18 heavy (non-hydrogen) atoms. The van der Waals surface area contributed by atoms with E-state index in [1.54, 1.807) is 0 Å². The lowest BCUT2D eigenvalue weighted by Crippen LogP contribution is -2.39. The summed E-state index contributed by atoms with van der Waals surface area (Å²) in [5, 5.41) is 0. The van der Waals surface area contributed by atoms with Crippen molar-refractivity contribution in [2.75, 3.05) is 0 Å². The van der Waals surface area contributed by atoms with Crippen molar-refractivity contribution in [2.24, 2.45) is 5.92 Å². The van der Waals surface area contributed by atoms with Gasteiger partial charge in [-0.2, -0.15) is 26.3 Å². The Morgan fingerprint density at radius 2 is 1.44 bits per heavy atom. The van der Waals surface area contributed by atoms with E-state index in [0.717, 1.165) is 11.3 Å². The molecule has 0 bridgehead atoms. The van der Waals surface area contributed by atoms with Crippen LogP contribution < -0.4 is 0 Å². The zero-order valence-electron chi connectivity index (χ0n) is 8.04.